The van der Waals surface area contributed by atoms with Gasteiger partial charge in [0.15, 0.2) is 12.4 Å². The van der Waals surface area contributed by atoms with E-state index in [0.29, 0.717) is 12.6 Å². The van der Waals surface area contributed by atoms with Crippen LogP contribution in [0.25, 0.3) is 0 Å². The summed E-state index contributed by atoms with van der Waals surface area (Å²) in [5, 5.41) is 0. The van der Waals surface area contributed by atoms with E-state index in [9.17, 15) is 4.79 Å². The fourth-order valence-corrected chi connectivity index (χ4v) is 2.19. The van der Waals surface area contributed by atoms with E-state index >= 15 is 0 Å². The number of carbonyl (C=O) groups is 1. The number of nitrogens with zero attached hydrogens (tertiary/aromatic N) is 3. The Hall–Kier alpha value is -1.43. The van der Waals surface area contributed by atoms with Crippen LogP contribution in [-0.4, -0.2) is 34.5 Å². The highest BCUT2D eigenvalue weighted by Crippen LogP contribution is 2.29. The number of hydrogen-bond donors (Lipinski definition) is 0. The lowest BCUT2D eigenvalue weighted by Gasteiger charge is -2.23. The van der Waals surface area contributed by atoms with Gasteiger partial charge in [0.05, 0.1) is 0 Å². The van der Waals surface area contributed by atoms with Gasteiger partial charge in [-0.15, -0.1) is 0 Å². The second kappa shape index (κ2) is 4.68. The molecule has 0 aromatic carbocycles. The molecule has 1 aliphatic heterocycles. The number of amides is 1. The van der Waals surface area contributed by atoms with Gasteiger partial charge in [-0.1, -0.05) is 6.07 Å². The highest BCUT2D eigenvalue weighted by molar-refractivity contribution is 9.10. The van der Waals surface area contributed by atoms with Gasteiger partial charge in [0.2, 0.25) is 0 Å². The monoisotopic (exact) mass is 309 g/mol. The summed E-state index contributed by atoms with van der Waals surface area (Å²) in [6.07, 6.45) is 3.65. The number of cyclic esters (lactones) is 1. The van der Waals surface area contributed by atoms with Crippen LogP contribution in [-0.2, 0) is 11.3 Å². The molecule has 0 N–H and O–H groups in total. The summed E-state index contributed by atoms with van der Waals surface area (Å²) < 4.78 is 5.69. The molecule has 18 heavy (non-hydrogen) atoms. The summed E-state index contributed by atoms with van der Waals surface area (Å²) in [5.41, 5.74) is 1.10. The maximum Gasteiger partial charge on any atom is 0.435 e. The summed E-state index contributed by atoms with van der Waals surface area (Å²) in [6.45, 7) is 1.01. The molecule has 1 fully saturated rings. The third kappa shape index (κ3) is 2.53. The Morgan fingerprint density at radius 1 is 1.44 bits per heavy atom. The normalized spacial score (nSPS) is 18.5. The van der Waals surface area contributed by atoms with Crippen LogP contribution in [0.3, 0.4) is 0 Å². The van der Waals surface area contributed by atoms with Gasteiger partial charge in [-0.05, 0) is 40.4 Å². The average molecular weight is 310 g/mol. The fourth-order valence-electron chi connectivity index (χ4n) is 1.96. The van der Waals surface area contributed by atoms with Gasteiger partial charge >= 0.3 is 6.09 Å². The van der Waals surface area contributed by atoms with Crippen molar-refractivity contribution in [3.8, 4) is 0 Å². The summed E-state index contributed by atoms with van der Waals surface area (Å²) in [4.78, 5) is 21.3. The average Bonchev–Trinajstić information content (AvgIpc) is 3.11. The fraction of sp³-hybridized carbons (Fsp3) is 0.417. The van der Waals surface area contributed by atoms with Crippen molar-refractivity contribution in [2.24, 2.45) is 4.99 Å². The number of halogens is 1. The molecular weight excluding hydrogens is 298 g/mol. The first-order valence-corrected chi connectivity index (χ1v) is 6.63. The van der Waals surface area contributed by atoms with Crippen LogP contribution in [0.2, 0.25) is 0 Å². The van der Waals surface area contributed by atoms with Crippen molar-refractivity contribution in [3.05, 3.63) is 28.5 Å². The SMILES string of the molecule is O=C1N=C(N(Cc2ccc(Br)nc2)C2CC2)CO1. The number of ether oxygens (including phenoxy) is 1. The summed E-state index contributed by atoms with van der Waals surface area (Å²) in [7, 11) is 0. The number of carbonyl (C=O) groups excluding carboxylic acids is 1. The minimum atomic E-state index is -0.482. The number of amidine groups is 1. The Morgan fingerprint density at radius 3 is 2.83 bits per heavy atom. The van der Waals surface area contributed by atoms with Gasteiger partial charge in [0.1, 0.15) is 4.60 Å². The molecule has 1 amide bonds. The quantitative estimate of drug-likeness (QED) is 0.804. The molecule has 2 heterocycles. The van der Waals surface area contributed by atoms with Gasteiger partial charge in [0, 0.05) is 18.8 Å². The highest BCUT2D eigenvalue weighted by Gasteiger charge is 2.34. The minimum Gasteiger partial charge on any atom is -0.440 e. The van der Waals surface area contributed by atoms with Crippen molar-refractivity contribution in [2.45, 2.75) is 25.4 Å². The topological polar surface area (TPSA) is 54.8 Å². The molecule has 5 nitrogen and oxygen atoms in total. The van der Waals surface area contributed by atoms with E-state index in [2.05, 4.69) is 30.8 Å². The van der Waals surface area contributed by atoms with E-state index in [0.717, 1.165) is 35.4 Å². The molecule has 1 aromatic rings. The van der Waals surface area contributed by atoms with Gasteiger partial charge in [-0.25, -0.2) is 9.78 Å². The zero-order valence-electron chi connectivity index (χ0n) is 9.67. The van der Waals surface area contributed by atoms with Crippen LogP contribution in [0.5, 0.6) is 0 Å². The molecule has 2 aliphatic rings. The maximum absolute atomic E-state index is 11.0. The molecule has 3 rings (SSSR count). The number of aromatic nitrogens is 1. The van der Waals surface area contributed by atoms with Crippen molar-refractivity contribution >= 4 is 27.9 Å². The molecule has 1 aliphatic carbocycles. The Labute approximate surface area is 113 Å². The minimum absolute atomic E-state index is 0.291. The first-order valence-electron chi connectivity index (χ1n) is 5.84. The van der Waals surface area contributed by atoms with Crippen molar-refractivity contribution in [1.29, 1.82) is 0 Å². The Bertz CT molecular complexity index is 497. The molecule has 0 atom stereocenters. The lowest BCUT2D eigenvalue weighted by atomic mass is 10.2. The number of pyridine rings is 1. The molecule has 6 heteroatoms. The molecular formula is C12H12BrN3O2. The van der Waals surface area contributed by atoms with Gasteiger partial charge < -0.3 is 9.64 Å². The predicted octanol–water partition coefficient (Wildman–Crippen LogP) is 2.36. The number of rotatable bonds is 3. The van der Waals surface area contributed by atoms with Crippen LogP contribution in [0.4, 0.5) is 4.79 Å². The van der Waals surface area contributed by atoms with E-state index in [1.54, 1.807) is 0 Å². The third-order valence-electron chi connectivity index (χ3n) is 3.01. The van der Waals surface area contributed by atoms with E-state index in [-0.39, 0.29) is 0 Å². The lowest BCUT2D eigenvalue weighted by molar-refractivity contribution is 0.179. The van der Waals surface area contributed by atoms with Crippen molar-refractivity contribution < 1.29 is 9.53 Å². The second-order valence-electron chi connectivity index (χ2n) is 4.43. The first-order chi connectivity index (χ1) is 8.72. The highest BCUT2D eigenvalue weighted by atomic mass is 79.9. The van der Waals surface area contributed by atoms with Crippen molar-refractivity contribution in [2.75, 3.05) is 6.61 Å². The second-order valence-corrected chi connectivity index (χ2v) is 5.24. The molecule has 0 spiro atoms. The zero-order chi connectivity index (χ0) is 12.5. The smallest absolute Gasteiger partial charge is 0.435 e. The standard InChI is InChI=1S/C12H12BrN3O2/c13-10-4-1-8(5-14-10)6-16(9-2-3-9)11-7-18-12(17)15-11/h1,4-5,9H,2-3,6-7H2. The van der Waals surface area contributed by atoms with Gasteiger partial charge in [-0.3, -0.25) is 0 Å². The number of aliphatic imine (C=N–C) groups is 1. The van der Waals surface area contributed by atoms with E-state index in [1.165, 1.54) is 0 Å². The van der Waals surface area contributed by atoms with Crippen molar-refractivity contribution in [1.82, 2.24) is 9.88 Å². The Balaban J connectivity index is 1.76. The molecule has 0 bridgehead atoms. The molecule has 0 radical (unpaired) electrons. The molecule has 1 aromatic heterocycles. The molecule has 94 valence electrons. The summed E-state index contributed by atoms with van der Waals surface area (Å²) in [6, 6.07) is 4.42. The summed E-state index contributed by atoms with van der Waals surface area (Å²) >= 11 is 3.31. The molecule has 0 saturated heterocycles. The van der Waals surface area contributed by atoms with Crippen molar-refractivity contribution in [3.63, 3.8) is 0 Å². The van der Waals surface area contributed by atoms with Gasteiger partial charge in [-0.2, -0.15) is 4.99 Å². The lowest BCUT2D eigenvalue weighted by Crippen LogP contribution is -2.33. The molecule has 0 unspecified atom stereocenters. The van der Waals surface area contributed by atoms with Crippen LogP contribution in [0.15, 0.2) is 27.9 Å². The Kier molecular flexibility index (Phi) is 3.03. The molecule has 1 saturated carbocycles. The van der Waals surface area contributed by atoms with Crippen LogP contribution in [0.1, 0.15) is 18.4 Å². The number of hydrogen-bond acceptors (Lipinski definition) is 4. The first kappa shape index (κ1) is 11.6. The van der Waals surface area contributed by atoms with Crippen LogP contribution >= 0.6 is 15.9 Å². The van der Waals surface area contributed by atoms with E-state index in [1.807, 2.05) is 18.3 Å². The van der Waals surface area contributed by atoms with E-state index < -0.39 is 6.09 Å². The Morgan fingerprint density at radius 2 is 2.28 bits per heavy atom. The largest absolute Gasteiger partial charge is 0.440 e. The van der Waals surface area contributed by atoms with Crippen LogP contribution in [0, 0.1) is 0 Å². The maximum atomic E-state index is 11.0. The zero-order valence-corrected chi connectivity index (χ0v) is 11.3. The van der Waals surface area contributed by atoms with Gasteiger partial charge in [0.25, 0.3) is 0 Å². The summed E-state index contributed by atoms with van der Waals surface area (Å²) in [5.74, 6) is 0.741. The van der Waals surface area contributed by atoms with Crippen LogP contribution < -0.4 is 0 Å². The van der Waals surface area contributed by atoms with E-state index in [4.69, 9.17) is 4.74 Å². The predicted molar refractivity (Wildman–Crippen MR) is 69.3 cm³/mol. The third-order valence-corrected chi connectivity index (χ3v) is 3.47.